The molecule has 0 aromatic heterocycles. The molecule has 0 amide bonds. The minimum absolute atomic E-state index is 0.160. The van der Waals surface area contributed by atoms with E-state index in [1.54, 1.807) is 11.3 Å². The Bertz CT molecular complexity index is 75.7. The number of hydrogen-bond acceptors (Lipinski definition) is 10. The topological polar surface area (TPSA) is 108 Å². The van der Waals surface area contributed by atoms with Gasteiger partial charge in [0.05, 0.1) is 0 Å². The summed E-state index contributed by atoms with van der Waals surface area (Å²) in [6.45, 7) is 0. The number of hydrogen-bond donors (Lipinski definition) is 4. The first kappa shape index (κ1) is 7.70. The molecule has 1 aliphatic rings. The number of nitrogens with zero attached hydrogens (tertiary/aromatic N) is 2. The van der Waals surface area contributed by atoms with Crippen molar-refractivity contribution in [3.8, 4) is 0 Å². The molecule has 0 aromatic carbocycles. The first-order valence-electron chi connectivity index (χ1n) is 1.95. The van der Waals surface area contributed by atoms with Gasteiger partial charge in [0, 0.05) is 0 Å². The zero-order valence-electron chi connectivity index (χ0n) is 4.42. The van der Waals surface area contributed by atoms with Gasteiger partial charge in [-0.15, -0.1) is 19.8 Å². The average Bonchev–Trinajstić information content (AvgIpc) is 1.84. The van der Waals surface area contributed by atoms with Crippen LogP contribution in [0.5, 0.6) is 0 Å². The Labute approximate surface area is 53.6 Å². The Hall–Kier alpha value is -0.400. The molecule has 0 unspecified atom stereocenters. The SMILES string of the molecule is ON1ONON(O)ONO1. The fourth-order valence-corrected chi connectivity index (χ4v) is 0.198. The van der Waals surface area contributed by atoms with E-state index in [0.717, 1.165) is 0 Å². The van der Waals surface area contributed by atoms with Gasteiger partial charge >= 0.3 is 0 Å². The van der Waals surface area contributed by atoms with Crippen LogP contribution in [0.3, 0.4) is 0 Å². The Morgan fingerprint density at radius 3 is 1.40 bits per heavy atom. The highest BCUT2D eigenvalue weighted by molar-refractivity contribution is 3.71. The molecule has 10 heavy (non-hydrogen) atoms. The first-order valence-corrected chi connectivity index (χ1v) is 1.95. The summed E-state index contributed by atoms with van der Waals surface area (Å²) in [5.74, 6) is 0. The zero-order chi connectivity index (χ0) is 7.40. The second-order valence-electron chi connectivity index (χ2n) is 1.01. The molecule has 0 atom stereocenters. The maximum atomic E-state index is 8.30. The Kier molecular flexibility index (Phi) is 2.84. The predicted molar refractivity (Wildman–Crippen MR) is 17.9 cm³/mol. The Morgan fingerprint density at radius 2 is 1.10 bits per heavy atom. The lowest BCUT2D eigenvalue weighted by Gasteiger charge is -2.18. The van der Waals surface area contributed by atoms with E-state index in [9.17, 15) is 0 Å². The van der Waals surface area contributed by atoms with Gasteiger partial charge < -0.3 is 0 Å². The Morgan fingerprint density at radius 1 is 0.800 bits per heavy atom. The van der Waals surface area contributed by atoms with E-state index in [1.165, 1.54) is 0 Å². The van der Waals surface area contributed by atoms with Crippen molar-refractivity contribution < 1.29 is 30.2 Å². The van der Waals surface area contributed by atoms with Crippen LogP contribution < -0.4 is 11.3 Å². The van der Waals surface area contributed by atoms with Gasteiger partial charge in [-0.05, 0) is 11.3 Å². The normalized spacial score (nSPS) is 25.8. The van der Waals surface area contributed by atoms with Gasteiger partial charge in [-0.25, -0.2) is 0 Å². The van der Waals surface area contributed by atoms with Crippen LogP contribution >= 0.6 is 0 Å². The molecule has 60 valence electrons. The number of nitrogens with one attached hydrogen (secondary N) is 2. The quantitative estimate of drug-likeness (QED) is 0.313. The van der Waals surface area contributed by atoms with Crippen LogP contribution in [0.4, 0.5) is 0 Å². The van der Waals surface area contributed by atoms with Crippen LogP contribution in [0.2, 0.25) is 0 Å². The minimum Gasteiger partial charge on any atom is -0.263 e. The predicted octanol–water partition coefficient (Wildman–Crippen LogP) is -2.05. The molecule has 0 aromatic rings. The molecule has 10 heteroatoms. The third kappa shape index (κ3) is 2.46. The van der Waals surface area contributed by atoms with Gasteiger partial charge in [0.1, 0.15) is 10.8 Å². The van der Waals surface area contributed by atoms with E-state index in [4.69, 9.17) is 10.4 Å². The molecular weight excluding hydrogens is 152 g/mol. The van der Waals surface area contributed by atoms with Crippen molar-refractivity contribution in [2.45, 2.75) is 0 Å². The van der Waals surface area contributed by atoms with Crippen LogP contribution in [0, 0.1) is 0 Å². The average molecular weight is 156 g/mol. The summed E-state index contributed by atoms with van der Waals surface area (Å²) in [4.78, 5) is 15.6. The fourth-order valence-electron chi connectivity index (χ4n) is 0.198. The molecule has 1 rings (SSSR count). The zero-order valence-corrected chi connectivity index (χ0v) is 4.42. The van der Waals surface area contributed by atoms with Crippen molar-refractivity contribution in [3.05, 3.63) is 0 Å². The molecule has 1 heterocycles. The molecule has 0 bridgehead atoms. The van der Waals surface area contributed by atoms with Crippen molar-refractivity contribution in [1.29, 1.82) is 0 Å². The van der Waals surface area contributed by atoms with Gasteiger partial charge in [-0.1, -0.05) is 0 Å². The smallest absolute Gasteiger partial charge is 0.114 e. The van der Waals surface area contributed by atoms with Crippen molar-refractivity contribution in [2.24, 2.45) is 0 Å². The van der Waals surface area contributed by atoms with E-state index >= 15 is 0 Å². The van der Waals surface area contributed by atoms with Crippen LogP contribution in [0.15, 0.2) is 0 Å². The van der Waals surface area contributed by atoms with Gasteiger partial charge in [0.2, 0.25) is 0 Å². The molecule has 0 saturated carbocycles. The standard InChI is InChI=1S/H4N4O6/c5-3-7-1-8-4(6)10-2-9-3/h1-2,5-6H. The van der Waals surface area contributed by atoms with Crippen molar-refractivity contribution in [2.75, 3.05) is 0 Å². The van der Waals surface area contributed by atoms with Crippen LogP contribution in [-0.2, 0) is 19.8 Å². The van der Waals surface area contributed by atoms with Gasteiger partial charge in [0.25, 0.3) is 0 Å². The molecule has 10 nitrogen and oxygen atoms in total. The fraction of sp³-hybridized carbons (Fsp3) is 0. The monoisotopic (exact) mass is 156 g/mol. The molecular formula is H4N4O6. The minimum atomic E-state index is -0.160. The summed E-state index contributed by atoms with van der Waals surface area (Å²) in [6, 6.07) is 0. The molecule has 0 aliphatic carbocycles. The van der Waals surface area contributed by atoms with Gasteiger partial charge in [-0.2, -0.15) is 0 Å². The van der Waals surface area contributed by atoms with Gasteiger partial charge in [0.15, 0.2) is 0 Å². The summed E-state index contributed by atoms with van der Waals surface area (Å²) in [5.41, 5.74) is 3.10. The molecule has 4 N–H and O–H groups in total. The van der Waals surface area contributed by atoms with E-state index in [-0.39, 0.29) is 10.8 Å². The maximum absolute atomic E-state index is 8.30. The molecule has 1 aliphatic heterocycles. The second-order valence-corrected chi connectivity index (χ2v) is 1.01. The van der Waals surface area contributed by atoms with E-state index in [0.29, 0.717) is 0 Å². The Balaban J connectivity index is 2.21. The highest BCUT2D eigenvalue weighted by atomic mass is 17.4. The van der Waals surface area contributed by atoms with Crippen molar-refractivity contribution in [3.63, 3.8) is 0 Å². The summed E-state index contributed by atoms with van der Waals surface area (Å²) in [6.07, 6.45) is 0. The van der Waals surface area contributed by atoms with E-state index in [2.05, 4.69) is 19.8 Å². The van der Waals surface area contributed by atoms with Crippen LogP contribution in [0.1, 0.15) is 0 Å². The molecule has 1 fully saturated rings. The summed E-state index contributed by atoms with van der Waals surface area (Å²) in [7, 11) is 0. The molecule has 0 spiro atoms. The summed E-state index contributed by atoms with van der Waals surface area (Å²) in [5, 5.41) is 16.3. The first-order chi connectivity index (χ1) is 4.79. The highest BCUT2D eigenvalue weighted by Gasteiger charge is 2.10. The summed E-state index contributed by atoms with van der Waals surface area (Å²) < 4.78 is 0. The van der Waals surface area contributed by atoms with Crippen LogP contribution in [0.25, 0.3) is 0 Å². The van der Waals surface area contributed by atoms with Crippen molar-refractivity contribution >= 4 is 0 Å². The maximum Gasteiger partial charge on any atom is 0.114 e. The largest absolute Gasteiger partial charge is 0.263 e. The van der Waals surface area contributed by atoms with E-state index in [1.807, 2.05) is 0 Å². The third-order valence-corrected chi connectivity index (χ3v) is 0.461. The highest BCUT2D eigenvalue weighted by Crippen LogP contribution is 1.87. The van der Waals surface area contributed by atoms with Crippen LogP contribution in [-0.4, -0.2) is 21.2 Å². The molecule has 0 radical (unpaired) electrons. The summed E-state index contributed by atoms with van der Waals surface area (Å²) >= 11 is 0. The number of rotatable bonds is 0. The second kappa shape index (κ2) is 3.69. The van der Waals surface area contributed by atoms with Crippen molar-refractivity contribution in [1.82, 2.24) is 22.1 Å². The van der Waals surface area contributed by atoms with Gasteiger partial charge in [-0.3, -0.25) is 10.4 Å². The third-order valence-electron chi connectivity index (χ3n) is 0.461. The van der Waals surface area contributed by atoms with E-state index < -0.39 is 0 Å². The lowest BCUT2D eigenvalue weighted by Crippen LogP contribution is -2.44. The lowest BCUT2D eigenvalue weighted by atomic mass is 12.6. The lowest BCUT2D eigenvalue weighted by molar-refractivity contribution is -0.686. The molecule has 1 saturated heterocycles.